The van der Waals surface area contributed by atoms with Gasteiger partial charge in [-0.25, -0.2) is 4.79 Å². The van der Waals surface area contributed by atoms with E-state index in [0.29, 0.717) is 5.92 Å². The standard InChI is InChI=1S/C17H26N2O2/c1-3-9-19(12-15-8-10-21-13-15)17(20)18-16-7-5-6-14(4-2)11-16/h5-7,11,15H,3-4,8-10,12-13H2,1-2H3,(H,18,20). The lowest BCUT2D eigenvalue weighted by Gasteiger charge is -2.25. The van der Waals surface area contributed by atoms with Crippen LogP contribution in [0, 0.1) is 5.92 Å². The van der Waals surface area contributed by atoms with Gasteiger partial charge in [-0.2, -0.15) is 0 Å². The molecule has 2 rings (SSSR count). The van der Waals surface area contributed by atoms with Crippen LogP contribution < -0.4 is 5.32 Å². The SMILES string of the molecule is CCCN(CC1CCOC1)C(=O)Nc1cccc(CC)c1. The average Bonchev–Trinajstić information content (AvgIpc) is 3.00. The number of aryl methyl sites for hydroxylation is 1. The lowest BCUT2D eigenvalue weighted by molar-refractivity contribution is 0.169. The molecule has 0 spiro atoms. The number of carbonyl (C=O) groups is 1. The highest BCUT2D eigenvalue weighted by Gasteiger charge is 2.22. The summed E-state index contributed by atoms with van der Waals surface area (Å²) in [6.45, 7) is 7.39. The van der Waals surface area contributed by atoms with Crippen LogP contribution in [0.25, 0.3) is 0 Å². The van der Waals surface area contributed by atoms with Crippen LogP contribution in [0.2, 0.25) is 0 Å². The zero-order valence-electron chi connectivity index (χ0n) is 13.1. The molecular formula is C17H26N2O2. The van der Waals surface area contributed by atoms with Crippen molar-refractivity contribution >= 4 is 11.7 Å². The molecule has 1 unspecified atom stereocenters. The van der Waals surface area contributed by atoms with Gasteiger partial charge in [0.1, 0.15) is 0 Å². The third-order valence-corrected chi connectivity index (χ3v) is 3.87. The maximum atomic E-state index is 12.5. The van der Waals surface area contributed by atoms with Crippen LogP contribution in [-0.4, -0.2) is 37.2 Å². The quantitative estimate of drug-likeness (QED) is 0.871. The van der Waals surface area contributed by atoms with E-state index in [4.69, 9.17) is 4.74 Å². The van der Waals surface area contributed by atoms with Crippen molar-refractivity contribution < 1.29 is 9.53 Å². The molecule has 2 amide bonds. The Morgan fingerprint density at radius 3 is 2.95 bits per heavy atom. The van der Waals surface area contributed by atoms with E-state index in [2.05, 4.69) is 25.2 Å². The highest BCUT2D eigenvalue weighted by Crippen LogP contribution is 2.16. The number of benzene rings is 1. The summed E-state index contributed by atoms with van der Waals surface area (Å²) >= 11 is 0. The van der Waals surface area contributed by atoms with Gasteiger partial charge in [0.25, 0.3) is 0 Å². The zero-order chi connectivity index (χ0) is 15.1. The van der Waals surface area contributed by atoms with Crippen molar-refractivity contribution in [3.05, 3.63) is 29.8 Å². The number of anilines is 1. The van der Waals surface area contributed by atoms with Gasteiger partial charge in [-0.15, -0.1) is 0 Å². The van der Waals surface area contributed by atoms with Gasteiger partial charge in [-0.3, -0.25) is 0 Å². The molecule has 1 aliphatic rings. The summed E-state index contributed by atoms with van der Waals surface area (Å²) in [5, 5.41) is 3.02. The Labute approximate surface area is 127 Å². The fraction of sp³-hybridized carbons (Fsp3) is 0.588. The maximum Gasteiger partial charge on any atom is 0.321 e. The van der Waals surface area contributed by atoms with E-state index in [9.17, 15) is 4.79 Å². The van der Waals surface area contributed by atoms with E-state index >= 15 is 0 Å². The van der Waals surface area contributed by atoms with Crippen molar-refractivity contribution in [2.45, 2.75) is 33.1 Å². The number of nitrogens with zero attached hydrogens (tertiary/aromatic N) is 1. The molecule has 1 fully saturated rings. The molecule has 1 atom stereocenters. The number of nitrogens with one attached hydrogen (secondary N) is 1. The van der Waals surface area contributed by atoms with Gasteiger partial charge in [0, 0.05) is 31.3 Å². The molecule has 1 N–H and O–H groups in total. The van der Waals surface area contributed by atoms with Crippen molar-refractivity contribution in [1.29, 1.82) is 0 Å². The number of carbonyl (C=O) groups excluding carboxylic acids is 1. The summed E-state index contributed by atoms with van der Waals surface area (Å²) in [6, 6.07) is 8.05. The molecule has 1 aromatic carbocycles. The predicted molar refractivity (Wildman–Crippen MR) is 85.6 cm³/mol. The van der Waals surface area contributed by atoms with Crippen molar-refractivity contribution in [3.8, 4) is 0 Å². The number of ether oxygens (including phenoxy) is 1. The Hall–Kier alpha value is -1.55. The Morgan fingerprint density at radius 1 is 1.43 bits per heavy atom. The number of rotatable bonds is 6. The third kappa shape index (κ3) is 4.74. The van der Waals surface area contributed by atoms with Gasteiger partial charge in [0.2, 0.25) is 0 Å². The van der Waals surface area contributed by atoms with Crippen molar-refractivity contribution in [2.24, 2.45) is 5.92 Å². The molecule has 0 radical (unpaired) electrons. The Bertz CT molecular complexity index is 456. The van der Waals surface area contributed by atoms with Crippen molar-refractivity contribution in [1.82, 2.24) is 4.90 Å². The monoisotopic (exact) mass is 290 g/mol. The lowest BCUT2D eigenvalue weighted by Crippen LogP contribution is -2.39. The predicted octanol–water partition coefficient (Wildman–Crippen LogP) is 3.53. The molecule has 0 aromatic heterocycles. The normalized spacial score (nSPS) is 17.7. The number of amides is 2. The first-order chi connectivity index (χ1) is 10.2. The van der Waals surface area contributed by atoms with Gasteiger partial charge in [-0.05, 0) is 37.0 Å². The van der Waals surface area contributed by atoms with Crippen LogP contribution in [0.5, 0.6) is 0 Å². The van der Waals surface area contributed by atoms with Crippen LogP contribution in [-0.2, 0) is 11.2 Å². The van der Waals surface area contributed by atoms with Crippen LogP contribution in [0.15, 0.2) is 24.3 Å². The van der Waals surface area contributed by atoms with Gasteiger partial charge in [-0.1, -0.05) is 26.0 Å². The maximum absolute atomic E-state index is 12.5. The molecular weight excluding hydrogens is 264 g/mol. The van der Waals surface area contributed by atoms with Crippen molar-refractivity contribution in [3.63, 3.8) is 0 Å². The fourth-order valence-corrected chi connectivity index (χ4v) is 2.66. The van der Waals surface area contributed by atoms with E-state index in [1.54, 1.807) is 0 Å². The molecule has 0 saturated carbocycles. The summed E-state index contributed by atoms with van der Waals surface area (Å²) in [5.74, 6) is 0.476. The van der Waals surface area contributed by atoms with Gasteiger partial charge in [0.05, 0.1) is 6.61 Å². The number of urea groups is 1. The second-order valence-corrected chi connectivity index (χ2v) is 5.66. The number of hydrogen-bond acceptors (Lipinski definition) is 2. The van der Waals surface area contributed by atoms with Crippen LogP contribution in [0.1, 0.15) is 32.3 Å². The smallest absolute Gasteiger partial charge is 0.321 e. The minimum atomic E-state index is -0.00277. The minimum Gasteiger partial charge on any atom is -0.381 e. The summed E-state index contributed by atoms with van der Waals surface area (Å²) in [5.41, 5.74) is 2.11. The summed E-state index contributed by atoms with van der Waals surface area (Å²) < 4.78 is 5.41. The first kappa shape index (κ1) is 15.8. The largest absolute Gasteiger partial charge is 0.381 e. The molecule has 1 saturated heterocycles. The second-order valence-electron chi connectivity index (χ2n) is 5.66. The lowest BCUT2D eigenvalue weighted by atomic mass is 10.1. The van der Waals surface area contributed by atoms with E-state index in [-0.39, 0.29) is 6.03 Å². The van der Waals surface area contributed by atoms with E-state index < -0.39 is 0 Å². The topological polar surface area (TPSA) is 41.6 Å². The molecule has 0 aliphatic carbocycles. The van der Waals surface area contributed by atoms with Crippen LogP contribution in [0.3, 0.4) is 0 Å². The van der Waals surface area contributed by atoms with Gasteiger partial charge >= 0.3 is 6.03 Å². The second kappa shape index (κ2) is 8.03. The molecule has 1 aliphatic heterocycles. The first-order valence-corrected chi connectivity index (χ1v) is 7.95. The Balaban J connectivity index is 1.96. The average molecular weight is 290 g/mol. The molecule has 1 heterocycles. The minimum absolute atomic E-state index is 0.00277. The third-order valence-electron chi connectivity index (χ3n) is 3.87. The molecule has 4 nitrogen and oxygen atoms in total. The Morgan fingerprint density at radius 2 is 2.29 bits per heavy atom. The van der Waals surface area contributed by atoms with E-state index in [1.165, 1.54) is 5.56 Å². The fourth-order valence-electron chi connectivity index (χ4n) is 2.66. The van der Waals surface area contributed by atoms with Gasteiger partial charge < -0.3 is 15.0 Å². The molecule has 4 heteroatoms. The Kier molecular flexibility index (Phi) is 6.05. The summed E-state index contributed by atoms with van der Waals surface area (Å²) in [7, 11) is 0. The summed E-state index contributed by atoms with van der Waals surface area (Å²) in [4.78, 5) is 14.4. The number of hydrogen-bond donors (Lipinski definition) is 1. The molecule has 1 aromatic rings. The van der Waals surface area contributed by atoms with Gasteiger partial charge in [0.15, 0.2) is 0 Å². The summed E-state index contributed by atoms with van der Waals surface area (Å²) in [6.07, 6.45) is 3.00. The molecule has 0 bridgehead atoms. The van der Waals surface area contributed by atoms with Crippen LogP contribution >= 0.6 is 0 Å². The van der Waals surface area contributed by atoms with E-state index in [1.807, 2.05) is 23.1 Å². The van der Waals surface area contributed by atoms with E-state index in [0.717, 1.165) is 51.3 Å². The first-order valence-electron chi connectivity index (χ1n) is 7.95. The zero-order valence-corrected chi connectivity index (χ0v) is 13.1. The van der Waals surface area contributed by atoms with Crippen LogP contribution in [0.4, 0.5) is 10.5 Å². The molecule has 116 valence electrons. The highest BCUT2D eigenvalue weighted by molar-refractivity contribution is 5.89. The van der Waals surface area contributed by atoms with Crippen molar-refractivity contribution in [2.75, 3.05) is 31.6 Å². The highest BCUT2D eigenvalue weighted by atomic mass is 16.5. The molecule has 21 heavy (non-hydrogen) atoms.